The summed E-state index contributed by atoms with van der Waals surface area (Å²) in [5, 5.41) is 0. The van der Waals surface area contributed by atoms with Gasteiger partial charge in [-0.05, 0) is 36.8 Å². The second-order valence-electron chi connectivity index (χ2n) is 8.37. The molecule has 0 N–H and O–H groups in total. The van der Waals surface area contributed by atoms with Crippen LogP contribution in [0.15, 0.2) is 30.3 Å². The highest BCUT2D eigenvalue weighted by Crippen LogP contribution is 2.36. The number of carbonyl (C=O) groups excluding carboxylic acids is 2. The zero-order valence-electron chi connectivity index (χ0n) is 16.2. The molecule has 3 aliphatic rings. The zero-order valence-corrected chi connectivity index (χ0v) is 16.2. The van der Waals surface area contributed by atoms with E-state index < -0.39 is 0 Å². The van der Waals surface area contributed by atoms with E-state index in [0.717, 1.165) is 43.6 Å². The number of hydrogen-bond donors (Lipinski definition) is 0. The highest BCUT2D eigenvalue weighted by Gasteiger charge is 2.33. The van der Waals surface area contributed by atoms with Gasteiger partial charge < -0.3 is 9.80 Å². The topological polar surface area (TPSA) is 43.9 Å². The summed E-state index contributed by atoms with van der Waals surface area (Å²) in [5.74, 6) is 1.97. The molecule has 0 radical (unpaired) electrons. The fraction of sp³-hybridized carbons (Fsp3) is 0.636. The summed E-state index contributed by atoms with van der Waals surface area (Å²) in [7, 11) is 0. The Bertz CT molecular complexity index is 655. The fourth-order valence-corrected chi connectivity index (χ4v) is 4.99. The third kappa shape index (κ3) is 4.34. The van der Waals surface area contributed by atoms with Crippen LogP contribution in [0.4, 0.5) is 0 Å². The Labute approximate surface area is 162 Å². The summed E-state index contributed by atoms with van der Waals surface area (Å²) in [4.78, 5) is 31.5. The van der Waals surface area contributed by atoms with Crippen molar-refractivity contribution in [2.24, 2.45) is 11.8 Å². The normalized spacial score (nSPS) is 26.5. The minimum Gasteiger partial charge on any atom is -0.341 e. The lowest BCUT2D eigenvalue weighted by molar-refractivity contribution is -0.135. The lowest BCUT2D eigenvalue weighted by Gasteiger charge is -2.42. The first-order valence-corrected chi connectivity index (χ1v) is 10.5. The van der Waals surface area contributed by atoms with Gasteiger partial charge in [0.1, 0.15) is 0 Å². The van der Waals surface area contributed by atoms with Crippen LogP contribution in [-0.4, -0.2) is 72.3 Å². The van der Waals surface area contributed by atoms with E-state index in [9.17, 15) is 9.59 Å². The van der Waals surface area contributed by atoms with Crippen LogP contribution in [0.2, 0.25) is 0 Å². The van der Waals surface area contributed by atoms with Crippen molar-refractivity contribution in [1.29, 1.82) is 0 Å². The molecule has 3 fully saturated rings. The fourth-order valence-electron chi connectivity index (χ4n) is 4.99. The van der Waals surface area contributed by atoms with Gasteiger partial charge in [0.15, 0.2) is 0 Å². The van der Waals surface area contributed by atoms with Gasteiger partial charge in [0.2, 0.25) is 5.91 Å². The first-order chi connectivity index (χ1) is 13.2. The number of benzene rings is 1. The molecule has 2 amide bonds. The molecule has 5 nitrogen and oxygen atoms in total. The summed E-state index contributed by atoms with van der Waals surface area (Å²) in [6.07, 6.45) is 6.57. The molecule has 146 valence electrons. The molecule has 2 atom stereocenters. The van der Waals surface area contributed by atoms with Crippen molar-refractivity contribution in [1.82, 2.24) is 14.7 Å². The second kappa shape index (κ2) is 8.42. The molecule has 0 spiro atoms. The molecule has 2 aliphatic heterocycles. The van der Waals surface area contributed by atoms with Crippen LogP contribution < -0.4 is 0 Å². The van der Waals surface area contributed by atoms with Crippen molar-refractivity contribution < 1.29 is 9.59 Å². The zero-order chi connectivity index (χ0) is 18.6. The van der Waals surface area contributed by atoms with Gasteiger partial charge in [-0.1, -0.05) is 37.5 Å². The van der Waals surface area contributed by atoms with Crippen molar-refractivity contribution in [3.05, 3.63) is 35.9 Å². The van der Waals surface area contributed by atoms with Crippen LogP contribution in [0.25, 0.3) is 0 Å². The molecule has 2 heterocycles. The average molecular weight is 370 g/mol. The molecule has 1 aromatic rings. The maximum Gasteiger partial charge on any atom is 0.253 e. The van der Waals surface area contributed by atoms with Crippen LogP contribution in [0.5, 0.6) is 0 Å². The Kier molecular flexibility index (Phi) is 5.77. The summed E-state index contributed by atoms with van der Waals surface area (Å²) < 4.78 is 0. The van der Waals surface area contributed by atoms with Crippen molar-refractivity contribution in [3.8, 4) is 0 Å². The predicted molar refractivity (Wildman–Crippen MR) is 105 cm³/mol. The van der Waals surface area contributed by atoms with Gasteiger partial charge in [0.05, 0.1) is 6.54 Å². The average Bonchev–Trinajstić information content (AvgIpc) is 2.74. The van der Waals surface area contributed by atoms with Gasteiger partial charge in [0.25, 0.3) is 5.91 Å². The third-order valence-electron chi connectivity index (χ3n) is 6.68. The molecule has 27 heavy (non-hydrogen) atoms. The first-order valence-electron chi connectivity index (χ1n) is 10.5. The number of nitrogens with zero attached hydrogens (tertiary/aromatic N) is 3. The molecule has 4 rings (SSSR count). The lowest BCUT2D eigenvalue weighted by Crippen LogP contribution is -2.53. The molecular weight excluding hydrogens is 338 g/mol. The number of carbonyl (C=O) groups is 2. The molecular formula is C22H31N3O2. The Morgan fingerprint density at radius 3 is 2.26 bits per heavy atom. The molecule has 5 heteroatoms. The minimum atomic E-state index is 0.0981. The van der Waals surface area contributed by atoms with Gasteiger partial charge in [-0.25, -0.2) is 0 Å². The highest BCUT2D eigenvalue weighted by molar-refractivity contribution is 5.94. The summed E-state index contributed by atoms with van der Waals surface area (Å²) >= 11 is 0. The number of likely N-dealkylation sites (tertiary alicyclic amines) is 1. The van der Waals surface area contributed by atoms with E-state index >= 15 is 0 Å². The van der Waals surface area contributed by atoms with Gasteiger partial charge in [-0.2, -0.15) is 0 Å². The number of amides is 2. The standard InChI is InChI=1S/C22H31N3O2/c26-21(25-11-10-18-6-4-5-9-20(18)16-25)17-23-12-14-24(15-13-23)22(27)19-7-2-1-3-8-19/h1-3,7-8,18,20H,4-6,9-17H2/t18-,20+/m1/s1. The van der Waals surface area contributed by atoms with E-state index in [4.69, 9.17) is 0 Å². The Morgan fingerprint density at radius 1 is 0.815 bits per heavy atom. The Hall–Kier alpha value is -1.88. The Morgan fingerprint density at radius 2 is 1.52 bits per heavy atom. The molecule has 2 saturated heterocycles. The smallest absolute Gasteiger partial charge is 0.253 e. The molecule has 0 bridgehead atoms. The number of hydrogen-bond acceptors (Lipinski definition) is 3. The minimum absolute atomic E-state index is 0.0981. The van der Waals surface area contributed by atoms with Crippen LogP contribution in [-0.2, 0) is 4.79 Å². The highest BCUT2D eigenvalue weighted by atomic mass is 16.2. The van der Waals surface area contributed by atoms with Gasteiger partial charge in [-0.15, -0.1) is 0 Å². The molecule has 1 saturated carbocycles. The van der Waals surface area contributed by atoms with Crippen LogP contribution in [0, 0.1) is 11.8 Å². The van der Waals surface area contributed by atoms with Gasteiger partial charge in [-0.3, -0.25) is 14.5 Å². The summed E-state index contributed by atoms with van der Waals surface area (Å²) in [6.45, 7) is 5.37. The number of piperazine rings is 1. The monoisotopic (exact) mass is 369 g/mol. The number of rotatable bonds is 3. The summed E-state index contributed by atoms with van der Waals surface area (Å²) in [6, 6.07) is 9.46. The van der Waals surface area contributed by atoms with Gasteiger partial charge >= 0.3 is 0 Å². The largest absolute Gasteiger partial charge is 0.341 e. The maximum atomic E-state index is 12.8. The van der Waals surface area contributed by atoms with Crippen molar-refractivity contribution in [2.45, 2.75) is 32.1 Å². The number of piperidine rings is 1. The van der Waals surface area contributed by atoms with E-state index in [0.29, 0.717) is 19.6 Å². The lowest BCUT2D eigenvalue weighted by atomic mass is 9.75. The maximum absolute atomic E-state index is 12.8. The molecule has 0 aromatic heterocycles. The second-order valence-corrected chi connectivity index (χ2v) is 8.37. The molecule has 1 aromatic carbocycles. The van der Waals surface area contributed by atoms with E-state index in [1.165, 1.54) is 32.1 Å². The molecule has 1 aliphatic carbocycles. The van der Waals surface area contributed by atoms with E-state index in [1.807, 2.05) is 35.2 Å². The van der Waals surface area contributed by atoms with Crippen molar-refractivity contribution in [2.75, 3.05) is 45.8 Å². The van der Waals surface area contributed by atoms with E-state index in [1.54, 1.807) is 0 Å². The SMILES string of the molecule is O=C(CN1CCN(C(=O)c2ccccc2)CC1)N1CC[C@H]2CCCC[C@H]2C1. The Balaban J connectivity index is 1.24. The van der Waals surface area contributed by atoms with Crippen LogP contribution >= 0.6 is 0 Å². The van der Waals surface area contributed by atoms with E-state index in [-0.39, 0.29) is 11.8 Å². The van der Waals surface area contributed by atoms with Crippen LogP contribution in [0.1, 0.15) is 42.5 Å². The number of fused-ring (bicyclic) bond motifs is 1. The van der Waals surface area contributed by atoms with Gasteiger partial charge in [0, 0.05) is 44.8 Å². The quantitative estimate of drug-likeness (QED) is 0.822. The third-order valence-corrected chi connectivity index (χ3v) is 6.68. The predicted octanol–water partition coefficient (Wildman–Crippen LogP) is 2.48. The van der Waals surface area contributed by atoms with Crippen molar-refractivity contribution >= 4 is 11.8 Å². The van der Waals surface area contributed by atoms with E-state index in [2.05, 4.69) is 9.80 Å². The molecule has 0 unspecified atom stereocenters. The van der Waals surface area contributed by atoms with Crippen LogP contribution in [0.3, 0.4) is 0 Å². The summed E-state index contributed by atoms with van der Waals surface area (Å²) in [5.41, 5.74) is 0.748. The first kappa shape index (κ1) is 18.5. The van der Waals surface area contributed by atoms with Crippen molar-refractivity contribution in [3.63, 3.8) is 0 Å².